The van der Waals surface area contributed by atoms with Crippen LogP contribution in [-0.2, 0) is 4.74 Å². The van der Waals surface area contributed by atoms with E-state index >= 15 is 0 Å². The molecule has 0 aliphatic rings. The number of benzene rings is 1. The molecule has 0 aliphatic carbocycles. The lowest BCUT2D eigenvalue weighted by molar-refractivity contribution is 0.146. The van der Waals surface area contributed by atoms with Crippen molar-refractivity contribution in [2.24, 2.45) is 5.41 Å². The Morgan fingerprint density at radius 2 is 1.65 bits per heavy atom. The molecule has 0 bridgehead atoms. The van der Waals surface area contributed by atoms with Gasteiger partial charge in [-0.1, -0.05) is 39.8 Å². The molecule has 0 spiro atoms. The monoisotopic (exact) mass is 236 g/mol. The lowest BCUT2D eigenvalue weighted by Gasteiger charge is -2.27. The number of rotatable bonds is 5. The second-order valence-corrected chi connectivity index (χ2v) is 5.50. The van der Waals surface area contributed by atoms with Gasteiger partial charge in [-0.3, -0.25) is 0 Å². The third kappa shape index (κ3) is 4.39. The molecule has 0 N–H and O–H groups in total. The van der Waals surface area contributed by atoms with Crippen LogP contribution in [0.5, 0.6) is 5.75 Å². The molecule has 0 amide bonds. The summed E-state index contributed by atoms with van der Waals surface area (Å²) in [5, 5.41) is 0. The largest absolute Gasteiger partial charge is 0.491 e. The molecular formula is C15H24O2. The Balaban J connectivity index is 2.61. The fourth-order valence-corrected chi connectivity index (χ4v) is 1.60. The van der Waals surface area contributed by atoms with Gasteiger partial charge in [0, 0.05) is 7.11 Å². The summed E-state index contributed by atoms with van der Waals surface area (Å²) < 4.78 is 10.5. The number of ether oxygens (including phenoxy) is 2. The minimum absolute atomic E-state index is 0.290. The third-order valence-electron chi connectivity index (χ3n) is 3.24. The average Bonchev–Trinajstić information content (AvgIpc) is 2.28. The van der Waals surface area contributed by atoms with E-state index in [9.17, 15) is 0 Å². The van der Waals surface area contributed by atoms with Crippen LogP contribution in [0.4, 0.5) is 0 Å². The predicted molar refractivity (Wildman–Crippen MR) is 71.7 cm³/mol. The van der Waals surface area contributed by atoms with Crippen molar-refractivity contribution in [2.75, 3.05) is 20.3 Å². The lowest BCUT2D eigenvalue weighted by atomic mass is 9.78. The zero-order valence-corrected chi connectivity index (χ0v) is 11.6. The maximum atomic E-state index is 5.54. The summed E-state index contributed by atoms with van der Waals surface area (Å²) in [5.74, 6) is 1.45. The van der Waals surface area contributed by atoms with Crippen LogP contribution >= 0.6 is 0 Å². The second kappa shape index (κ2) is 6.06. The molecule has 0 aromatic heterocycles. The Morgan fingerprint density at radius 1 is 1.06 bits per heavy atom. The highest BCUT2D eigenvalue weighted by atomic mass is 16.5. The van der Waals surface area contributed by atoms with Crippen molar-refractivity contribution in [3.05, 3.63) is 29.8 Å². The van der Waals surface area contributed by atoms with Crippen molar-refractivity contribution in [3.8, 4) is 5.75 Å². The SMILES string of the molecule is COCCOc1ccc(C(C)C(C)(C)C)cc1. The van der Waals surface area contributed by atoms with Gasteiger partial charge in [0.2, 0.25) is 0 Å². The Bertz CT molecular complexity index is 322. The molecule has 0 radical (unpaired) electrons. The van der Waals surface area contributed by atoms with Crippen molar-refractivity contribution in [3.63, 3.8) is 0 Å². The molecule has 2 heteroatoms. The van der Waals surface area contributed by atoms with Crippen LogP contribution in [-0.4, -0.2) is 20.3 Å². The van der Waals surface area contributed by atoms with E-state index in [0.717, 1.165) is 5.75 Å². The molecule has 1 atom stereocenters. The van der Waals surface area contributed by atoms with Gasteiger partial charge < -0.3 is 9.47 Å². The summed E-state index contributed by atoms with van der Waals surface area (Å²) in [6, 6.07) is 8.37. The van der Waals surface area contributed by atoms with Crippen molar-refractivity contribution < 1.29 is 9.47 Å². The zero-order valence-electron chi connectivity index (χ0n) is 11.6. The predicted octanol–water partition coefficient (Wildman–Crippen LogP) is 3.86. The van der Waals surface area contributed by atoms with Crippen LogP contribution in [0.3, 0.4) is 0 Å². The number of methoxy groups -OCH3 is 1. The number of hydrogen-bond donors (Lipinski definition) is 0. The summed E-state index contributed by atoms with van der Waals surface area (Å²) in [6.07, 6.45) is 0. The van der Waals surface area contributed by atoms with Crippen molar-refractivity contribution in [2.45, 2.75) is 33.6 Å². The van der Waals surface area contributed by atoms with E-state index < -0.39 is 0 Å². The van der Waals surface area contributed by atoms with Gasteiger partial charge in [0.1, 0.15) is 12.4 Å². The standard InChI is InChI=1S/C15H24O2/c1-12(15(2,3)4)13-6-8-14(9-7-13)17-11-10-16-5/h6-9,12H,10-11H2,1-5H3. The van der Waals surface area contributed by atoms with E-state index in [-0.39, 0.29) is 0 Å². The highest BCUT2D eigenvalue weighted by molar-refractivity contribution is 5.30. The summed E-state index contributed by atoms with van der Waals surface area (Å²) in [5.41, 5.74) is 1.65. The van der Waals surface area contributed by atoms with Crippen LogP contribution in [0.15, 0.2) is 24.3 Å². The fourth-order valence-electron chi connectivity index (χ4n) is 1.60. The molecule has 0 aliphatic heterocycles. The highest BCUT2D eigenvalue weighted by Crippen LogP contribution is 2.34. The van der Waals surface area contributed by atoms with Gasteiger partial charge in [-0.05, 0) is 29.0 Å². The molecule has 0 fully saturated rings. The molecule has 1 aromatic carbocycles. The summed E-state index contributed by atoms with van der Waals surface area (Å²) in [6.45, 7) is 10.3. The van der Waals surface area contributed by atoms with E-state index in [4.69, 9.17) is 9.47 Å². The highest BCUT2D eigenvalue weighted by Gasteiger charge is 2.21. The van der Waals surface area contributed by atoms with Gasteiger partial charge in [-0.2, -0.15) is 0 Å². The van der Waals surface area contributed by atoms with Gasteiger partial charge >= 0.3 is 0 Å². The Morgan fingerprint density at radius 3 is 2.12 bits per heavy atom. The minimum Gasteiger partial charge on any atom is -0.491 e. The van der Waals surface area contributed by atoms with E-state index in [0.29, 0.717) is 24.5 Å². The summed E-state index contributed by atoms with van der Waals surface area (Å²) >= 11 is 0. The maximum absolute atomic E-state index is 5.54. The molecule has 96 valence electrons. The molecular weight excluding hydrogens is 212 g/mol. The first-order chi connectivity index (χ1) is 7.95. The topological polar surface area (TPSA) is 18.5 Å². The van der Waals surface area contributed by atoms with Crippen LogP contribution < -0.4 is 4.74 Å². The molecule has 0 saturated carbocycles. The van der Waals surface area contributed by atoms with Gasteiger partial charge in [-0.25, -0.2) is 0 Å². The average molecular weight is 236 g/mol. The van der Waals surface area contributed by atoms with Gasteiger partial charge in [-0.15, -0.1) is 0 Å². The van der Waals surface area contributed by atoms with Crippen molar-refractivity contribution >= 4 is 0 Å². The van der Waals surface area contributed by atoms with E-state index in [1.807, 2.05) is 12.1 Å². The lowest BCUT2D eigenvalue weighted by Crippen LogP contribution is -2.15. The third-order valence-corrected chi connectivity index (χ3v) is 3.24. The summed E-state index contributed by atoms with van der Waals surface area (Å²) in [4.78, 5) is 0. The first-order valence-electron chi connectivity index (χ1n) is 6.17. The van der Waals surface area contributed by atoms with Crippen LogP contribution in [0, 0.1) is 5.41 Å². The van der Waals surface area contributed by atoms with Crippen LogP contribution in [0.1, 0.15) is 39.2 Å². The second-order valence-electron chi connectivity index (χ2n) is 5.50. The minimum atomic E-state index is 0.290. The van der Waals surface area contributed by atoms with E-state index in [1.165, 1.54) is 5.56 Å². The zero-order chi connectivity index (χ0) is 12.9. The fraction of sp³-hybridized carbons (Fsp3) is 0.600. The Kier molecular flexibility index (Phi) is 5.01. The Hall–Kier alpha value is -1.02. The molecule has 2 nitrogen and oxygen atoms in total. The maximum Gasteiger partial charge on any atom is 0.119 e. The molecule has 0 saturated heterocycles. The quantitative estimate of drug-likeness (QED) is 0.723. The molecule has 17 heavy (non-hydrogen) atoms. The van der Waals surface area contributed by atoms with E-state index in [1.54, 1.807) is 7.11 Å². The van der Waals surface area contributed by atoms with Gasteiger partial charge in [0.15, 0.2) is 0 Å². The number of hydrogen-bond acceptors (Lipinski definition) is 2. The molecule has 0 heterocycles. The first kappa shape index (κ1) is 14.0. The van der Waals surface area contributed by atoms with Crippen molar-refractivity contribution in [1.82, 2.24) is 0 Å². The van der Waals surface area contributed by atoms with Crippen LogP contribution in [0.25, 0.3) is 0 Å². The smallest absolute Gasteiger partial charge is 0.119 e. The van der Waals surface area contributed by atoms with E-state index in [2.05, 4.69) is 39.8 Å². The molecule has 1 unspecified atom stereocenters. The molecule has 1 aromatic rings. The van der Waals surface area contributed by atoms with Gasteiger partial charge in [0.05, 0.1) is 6.61 Å². The van der Waals surface area contributed by atoms with Gasteiger partial charge in [0.25, 0.3) is 0 Å². The summed E-state index contributed by atoms with van der Waals surface area (Å²) in [7, 11) is 1.68. The Labute approximate surface area is 105 Å². The molecule has 1 rings (SSSR count). The first-order valence-corrected chi connectivity index (χ1v) is 6.17. The van der Waals surface area contributed by atoms with Crippen molar-refractivity contribution in [1.29, 1.82) is 0 Å². The normalized spacial score (nSPS) is 13.5. The van der Waals surface area contributed by atoms with Crippen LogP contribution in [0.2, 0.25) is 0 Å².